The summed E-state index contributed by atoms with van der Waals surface area (Å²) in [5.41, 5.74) is 5.53. The van der Waals surface area contributed by atoms with Gasteiger partial charge in [-0.25, -0.2) is 4.79 Å². The van der Waals surface area contributed by atoms with Crippen molar-refractivity contribution in [1.82, 2.24) is 4.90 Å². The van der Waals surface area contributed by atoms with E-state index in [2.05, 4.69) is 5.32 Å². The third-order valence-electron chi connectivity index (χ3n) is 2.20. The molecule has 0 aliphatic heterocycles. The first-order valence-corrected chi connectivity index (χ1v) is 5.91. The van der Waals surface area contributed by atoms with Crippen LogP contribution in [0, 0.1) is 0 Å². The first kappa shape index (κ1) is 12.5. The minimum Gasteiger partial charge on any atom is -0.366 e. The SMILES string of the molecule is CCN(CC)C(=O)Nc1sccc1C(N)=O. The second-order valence-corrected chi connectivity index (χ2v) is 4.05. The second-order valence-electron chi connectivity index (χ2n) is 3.13. The van der Waals surface area contributed by atoms with Crippen LogP contribution in [0.1, 0.15) is 24.2 Å². The highest BCUT2D eigenvalue weighted by Gasteiger charge is 2.15. The van der Waals surface area contributed by atoms with Crippen molar-refractivity contribution < 1.29 is 9.59 Å². The van der Waals surface area contributed by atoms with Crippen LogP contribution in [0.3, 0.4) is 0 Å². The summed E-state index contributed by atoms with van der Waals surface area (Å²) in [4.78, 5) is 24.4. The topological polar surface area (TPSA) is 75.4 Å². The van der Waals surface area contributed by atoms with E-state index in [1.807, 2.05) is 13.8 Å². The number of carbonyl (C=O) groups excluding carboxylic acids is 2. The number of carbonyl (C=O) groups is 2. The lowest BCUT2D eigenvalue weighted by Gasteiger charge is -2.18. The molecule has 0 spiro atoms. The number of thiophene rings is 1. The van der Waals surface area contributed by atoms with Gasteiger partial charge in [0.25, 0.3) is 5.91 Å². The second kappa shape index (κ2) is 5.50. The molecule has 0 radical (unpaired) electrons. The number of urea groups is 1. The quantitative estimate of drug-likeness (QED) is 0.842. The van der Waals surface area contributed by atoms with Gasteiger partial charge < -0.3 is 10.6 Å². The summed E-state index contributed by atoms with van der Waals surface area (Å²) in [5, 5.41) is 4.90. The van der Waals surface area contributed by atoms with Gasteiger partial charge in [-0.05, 0) is 25.3 Å². The van der Waals surface area contributed by atoms with Crippen molar-refractivity contribution in [1.29, 1.82) is 0 Å². The van der Waals surface area contributed by atoms with Gasteiger partial charge in [-0.1, -0.05) is 0 Å². The van der Waals surface area contributed by atoms with E-state index in [9.17, 15) is 9.59 Å². The van der Waals surface area contributed by atoms with Gasteiger partial charge in [0.1, 0.15) is 5.00 Å². The minimum atomic E-state index is -0.531. The lowest BCUT2D eigenvalue weighted by atomic mass is 10.3. The molecule has 3 N–H and O–H groups in total. The molecule has 0 atom stereocenters. The Kier molecular flexibility index (Phi) is 4.30. The van der Waals surface area contributed by atoms with Crippen molar-refractivity contribution in [2.24, 2.45) is 5.73 Å². The van der Waals surface area contributed by atoms with Crippen LogP contribution in [0.15, 0.2) is 11.4 Å². The molecular weight excluding hydrogens is 226 g/mol. The zero-order chi connectivity index (χ0) is 12.1. The lowest BCUT2D eigenvalue weighted by Crippen LogP contribution is -2.34. The molecule has 0 aliphatic rings. The van der Waals surface area contributed by atoms with E-state index in [1.54, 1.807) is 16.3 Å². The van der Waals surface area contributed by atoms with E-state index < -0.39 is 5.91 Å². The Balaban J connectivity index is 2.76. The molecule has 5 nitrogen and oxygen atoms in total. The molecule has 0 saturated heterocycles. The average molecular weight is 241 g/mol. The molecule has 0 fully saturated rings. The van der Waals surface area contributed by atoms with Crippen LogP contribution in [0.25, 0.3) is 0 Å². The van der Waals surface area contributed by atoms with Crippen molar-refractivity contribution in [2.45, 2.75) is 13.8 Å². The molecule has 0 aliphatic carbocycles. The van der Waals surface area contributed by atoms with Crippen LogP contribution < -0.4 is 11.1 Å². The summed E-state index contributed by atoms with van der Waals surface area (Å²) in [5.74, 6) is -0.531. The maximum Gasteiger partial charge on any atom is 0.322 e. The number of primary amides is 1. The monoisotopic (exact) mass is 241 g/mol. The predicted octanol–water partition coefficient (Wildman–Crippen LogP) is 1.72. The fourth-order valence-electron chi connectivity index (χ4n) is 1.29. The molecule has 1 aromatic heterocycles. The third kappa shape index (κ3) is 2.73. The van der Waals surface area contributed by atoms with Gasteiger partial charge in [-0.3, -0.25) is 10.1 Å². The van der Waals surface area contributed by atoms with E-state index in [4.69, 9.17) is 5.73 Å². The molecule has 6 heteroatoms. The van der Waals surface area contributed by atoms with Crippen LogP contribution in [0.2, 0.25) is 0 Å². The smallest absolute Gasteiger partial charge is 0.322 e. The predicted molar refractivity (Wildman–Crippen MR) is 64.8 cm³/mol. The van der Waals surface area contributed by atoms with Crippen molar-refractivity contribution in [3.8, 4) is 0 Å². The van der Waals surface area contributed by atoms with Crippen LogP contribution in [-0.2, 0) is 0 Å². The highest BCUT2D eigenvalue weighted by atomic mass is 32.1. The van der Waals surface area contributed by atoms with Crippen LogP contribution >= 0.6 is 11.3 Å². The van der Waals surface area contributed by atoms with Gasteiger partial charge in [0.05, 0.1) is 5.56 Å². The average Bonchev–Trinajstić information content (AvgIpc) is 2.67. The van der Waals surface area contributed by atoms with E-state index in [0.717, 1.165) is 0 Å². The maximum absolute atomic E-state index is 11.7. The molecule has 16 heavy (non-hydrogen) atoms. The van der Waals surface area contributed by atoms with Gasteiger partial charge in [0, 0.05) is 13.1 Å². The van der Waals surface area contributed by atoms with E-state index in [0.29, 0.717) is 23.7 Å². The molecule has 0 saturated carbocycles. The van der Waals surface area contributed by atoms with E-state index in [1.165, 1.54) is 11.3 Å². The number of hydrogen-bond acceptors (Lipinski definition) is 3. The van der Waals surface area contributed by atoms with Crippen molar-refractivity contribution in [2.75, 3.05) is 18.4 Å². The minimum absolute atomic E-state index is 0.213. The van der Waals surface area contributed by atoms with Crippen LogP contribution in [-0.4, -0.2) is 29.9 Å². The Morgan fingerprint density at radius 3 is 2.56 bits per heavy atom. The fraction of sp³-hybridized carbons (Fsp3) is 0.400. The molecule has 1 rings (SSSR count). The Hall–Kier alpha value is -1.56. The summed E-state index contributed by atoms with van der Waals surface area (Å²) >= 11 is 1.29. The molecule has 1 aromatic rings. The summed E-state index contributed by atoms with van der Waals surface area (Å²) in [6, 6.07) is 1.39. The third-order valence-corrected chi connectivity index (χ3v) is 3.03. The Labute approximate surface area is 98.2 Å². The highest BCUT2D eigenvalue weighted by molar-refractivity contribution is 7.14. The van der Waals surface area contributed by atoms with Gasteiger partial charge in [-0.15, -0.1) is 11.3 Å². The van der Waals surface area contributed by atoms with Crippen LogP contribution in [0.5, 0.6) is 0 Å². The van der Waals surface area contributed by atoms with Gasteiger partial charge >= 0.3 is 6.03 Å². The number of nitrogens with two attached hydrogens (primary N) is 1. The van der Waals surface area contributed by atoms with E-state index in [-0.39, 0.29) is 6.03 Å². The number of rotatable bonds is 4. The first-order chi connectivity index (χ1) is 7.60. The van der Waals surface area contributed by atoms with Gasteiger partial charge in [0.15, 0.2) is 0 Å². The number of anilines is 1. The standard InChI is InChI=1S/C10H15N3O2S/c1-3-13(4-2)10(15)12-9-7(8(11)14)5-6-16-9/h5-6H,3-4H2,1-2H3,(H2,11,14)(H,12,15). The fourth-order valence-corrected chi connectivity index (χ4v) is 2.07. The molecule has 0 bridgehead atoms. The number of hydrogen-bond donors (Lipinski definition) is 2. The lowest BCUT2D eigenvalue weighted by molar-refractivity contribution is 0.100. The van der Waals surface area contributed by atoms with Gasteiger partial charge in [0.2, 0.25) is 0 Å². The summed E-state index contributed by atoms with van der Waals surface area (Å²) in [7, 11) is 0. The normalized spacial score (nSPS) is 9.88. The zero-order valence-electron chi connectivity index (χ0n) is 9.32. The number of nitrogens with zero attached hydrogens (tertiary/aromatic N) is 1. The van der Waals surface area contributed by atoms with Crippen molar-refractivity contribution >= 4 is 28.3 Å². The van der Waals surface area contributed by atoms with Gasteiger partial charge in [-0.2, -0.15) is 0 Å². The largest absolute Gasteiger partial charge is 0.366 e. The summed E-state index contributed by atoms with van der Waals surface area (Å²) in [6.45, 7) is 5.04. The Bertz CT molecular complexity index is 385. The number of amides is 3. The molecule has 0 unspecified atom stereocenters. The molecular formula is C10H15N3O2S. The first-order valence-electron chi connectivity index (χ1n) is 5.03. The highest BCUT2D eigenvalue weighted by Crippen LogP contribution is 2.22. The van der Waals surface area contributed by atoms with Crippen molar-refractivity contribution in [3.05, 3.63) is 17.0 Å². The maximum atomic E-state index is 11.7. The molecule has 0 aromatic carbocycles. The van der Waals surface area contributed by atoms with E-state index >= 15 is 0 Å². The van der Waals surface area contributed by atoms with Crippen LogP contribution in [0.4, 0.5) is 9.80 Å². The number of nitrogens with one attached hydrogen (secondary N) is 1. The molecule has 3 amide bonds. The Morgan fingerprint density at radius 1 is 1.44 bits per heavy atom. The molecule has 88 valence electrons. The molecule has 1 heterocycles. The zero-order valence-corrected chi connectivity index (χ0v) is 10.1. The summed E-state index contributed by atoms with van der Waals surface area (Å²) in [6.07, 6.45) is 0. The Morgan fingerprint density at radius 2 is 2.06 bits per heavy atom. The van der Waals surface area contributed by atoms with Crippen molar-refractivity contribution in [3.63, 3.8) is 0 Å². The summed E-state index contributed by atoms with van der Waals surface area (Å²) < 4.78 is 0.